The van der Waals surface area contributed by atoms with Crippen molar-refractivity contribution in [3.63, 3.8) is 0 Å². The van der Waals surface area contributed by atoms with Crippen LogP contribution in [-0.4, -0.2) is 23.4 Å². The molecule has 3 aromatic rings. The Morgan fingerprint density at radius 2 is 1.55 bits per heavy atom. The van der Waals surface area contributed by atoms with Gasteiger partial charge in [-0.1, -0.05) is 22.0 Å². The first-order valence-corrected chi connectivity index (χ1v) is 7.58. The topological polar surface area (TPSA) is 57.4 Å². The van der Waals surface area contributed by atoms with Gasteiger partial charge in [0.05, 0.1) is 0 Å². The third-order valence-electron chi connectivity index (χ3n) is 3.29. The van der Waals surface area contributed by atoms with Gasteiger partial charge in [0.15, 0.2) is 11.5 Å². The van der Waals surface area contributed by atoms with Crippen molar-refractivity contribution in [2.75, 3.05) is 13.2 Å². The van der Waals surface area contributed by atoms with Crippen LogP contribution in [0.1, 0.15) is 0 Å². The molecule has 0 N–H and O–H groups in total. The van der Waals surface area contributed by atoms with Gasteiger partial charge in [0, 0.05) is 15.6 Å². The average molecular weight is 359 g/mol. The highest BCUT2D eigenvalue weighted by Crippen LogP contribution is 2.34. The molecule has 2 heterocycles. The maximum atomic E-state index is 5.76. The number of rotatable bonds is 2. The van der Waals surface area contributed by atoms with E-state index in [2.05, 4.69) is 26.1 Å². The van der Waals surface area contributed by atoms with E-state index in [-0.39, 0.29) is 0 Å². The largest absolute Gasteiger partial charge is 0.486 e. The summed E-state index contributed by atoms with van der Waals surface area (Å²) in [5.74, 6) is 2.37. The van der Waals surface area contributed by atoms with Gasteiger partial charge in [0.25, 0.3) is 0 Å². The van der Waals surface area contributed by atoms with Crippen LogP contribution in [0.2, 0.25) is 0 Å². The first-order valence-electron chi connectivity index (χ1n) is 6.79. The summed E-state index contributed by atoms with van der Waals surface area (Å²) in [4.78, 5) is 0. The summed E-state index contributed by atoms with van der Waals surface area (Å²) < 4.78 is 17.8. The van der Waals surface area contributed by atoms with Crippen LogP contribution < -0.4 is 9.47 Å². The zero-order chi connectivity index (χ0) is 14.9. The number of benzene rings is 2. The molecule has 1 aromatic heterocycles. The third-order valence-corrected chi connectivity index (χ3v) is 3.78. The average Bonchev–Trinajstić information content (AvgIpc) is 3.04. The second-order valence-electron chi connectivity index (χ2n) is 4.78. The predicted octanol–water partition coefficient (Wildman–Crippen LogP) is 3.94. The molecule has 4 rings (SSSR count). The number of hydrogen-bond donors (Lipinski definition) is 0. The Morgan fingerprint density at radius 1 is 0.818 bits per heavy atom. The van der Waals surface area contributed by atoms with Crippen molar-refractivity contribution in [3.8, 4) is 34.4 Å². The highest BCUT2D eigenvalue weighted by molar-refractivity contribution is 9.10. The molecule has 0 atom stereocenters. The Balaban J connectivity index is 1.69. The normalized spacial score (nSPS) is 13.1. The van der Waals surface area contributed by atoms with Crippen LogP contribution in [0.3, 0.4) is 0 Å². The van der Waals surface area contributed by atoms with Crippen LogP contribution in [-0.2, 0) is 0 Å². The second-order valence-corrected chi connectivity index (χ2v) is 5.70. The summed E-state index contributed by atoms with van der Waals surface area (Å²) in [7, 11) is 0. The lowest BCUT2D eigenvalue weighted by Gasteiger charge is -2.18. The van der Waals surface area contributed by atoms with Crippen LogP contribution in [0.5, 0.6) is 11.5 Å². The maximum Gasteiger partial charge on any atom is 0.248 e. The number of halogens is 1. The fraction of sp³-hybridized carbons (Fsp3) is 0.125. The van der Waals surface area contributed by atoms with E-state index in [9.17, 15) is 0 Å². The van der Waals surface area contributed by atoms with Crippen molar-refractivity contribution in [2.45, 2.75) is 0 Å². The van der Waals surface area contributed by atoms with Gasteiger partial charge >= 0.3 is 0 Å². The van der Waals surface area contributed by atoms with Crippen LogP contribution in [0.15, 0.2) is 51.4 Å². The molecule has 0 unspecified atom stereocenters. The fourth-order valence-corrected chi connectivity index (χ4v) is 2.65. The molecule has 6 heteroatoms. The minimum atomic E-state index is 0.451. The standard InChI is InChI=1S/C16H11BrN2O3/c17-12-3-1-2-10(8-12)15-18-19-16(22-15)11-4-5-13-14(9-11)21-7-6-20-13/h1-5,8-9H,6-7H2. The Bertz CT molecular complexity index is 832. The molecule has 0 aliphatic carbocycles. The summed E-state index contributed by atoms with van der Waals surface area (Å²) >= 11 is 3.43. The molecular weight excluding hydrogens is 348 g/mol. The number of nitrogens with zero attached hydrogens (tertiary/aromatic N) is 2. The molecule has 5 nitrogen and oxygen atoms in total. The highest BCUT2D eigenvalue weighted by Gasteiger charge is 2.16. The van der Waals surface area contributed by atoms with Crippen LogP contribution in [0.4, 0.5) is 0 Å². The SMILES string of the molecule is Brc1cccc(-c2nnc(-c3ccc4c(c3)OCCO4)o2)c1. The van der Waals surface area contributed by atoms with Gasteiger partial charge in [-0.05, 0) is 36.4 Å². The molecule has 1 aliphatic rings. The number of fused-ring (bicyclic) bond motifs is 1. The lowest BCUT2D eigenvalue weighted by Crippen LogP contribution is -2.15. The lowest BCUT2D eigenvalue weighted by atomic mass is 10.2. The van der Waals surface area contributed by atoms with E-state index >= 15 is 0 Å². The lowest BCUT2D eigenvalue weighted by molar-refractivity contribution is 0.171. The fourth-order valence-electron chi connectivity index (χ4n) is 2.25. The molecule has 0 radical (unpaired) electrons. The van der Waals surface area contributed by atoms with Gasteiger partial charge in [-0.3, -0.25) is 0 Å². The van der Waals surface area contributed by atoms with Crippen LogP contribution in [0, 0.1) is 0 Å². The number of aromatic nitrogens is 2. The molecule has 0 fully saturated rings. The molecular formula is C16H11BrN2O3. The van der Waals surface area contributed by atoms with Gasteiger partial charge in [-0.2, -0.15) is 0 Å². The number of ether oxygens (including phenoxy) is 2. The quantitative estimate of drug-likeness (QED) is 0.694. The first kappa shape index (κ1) is 13.3. The molecule has 0 amide bonds. The van der Waals surface area contributed by atoms with Gasteiger partial charge in [-0.15, -0.1) is 10.2 Å². The Hall–Kier alpha value is -2.34. The van der Waals surface area contributed by atoms with Gasteiger partial charge < -0.3 is 13.9 Å². The molecule has 1 aliphatic heterocycles. The monoisotopic (exact) mass is 358 g/mol. The predicted molar refractivity (Wildman–Crippen MR) is 83.9 cm³/mol. The summed E-state index contributed by atoms with van der Waals surface area (Å²) in [6.07, 6.45) is 0. The summed E-state index contributed by atoms with van der Waals surface area (Å²) in [5.41, 5.74) is 1.67. The van der Waals surface area contributed by atoms with Crippen molar-refractivity contribution in [2.24, 2.45) is 0 Å². The van der Waals surface area contributed by atoms with Crippen molar-refractivity contribution in [1.29, 1.82) is 0 Å². The van der Waals surface area contributed by atoms with Gasteiger partial charge in [0.1, 0.15) is 13.2 Å². The van der Waals surface area contributed by atoms with Crippen LogP contribution >= 0.6 is 15.9 Å². The van der Waals surface area contributed by atoms with Crippen molar-refractivity contribution >= 4 is 15.9 Å². The Kier molecular flexibility index (Phi) is 3.31. The third kappa shape index (κ3) is 2.46. The molecule has 0 bridgehead atoms. The summed E-state index contributed by atoms with van der Waals surface area (Å²) in [6.45, 7) is 1.11. The van der Waals surface area contributed by atoms with E-state index in [4.69, 9.17) is 13.9 Å². The minimum Gasteiger partial charge on any atom is -0.486 e. The maximum absolute atomic E-state index is 5.76. The van der Waals surface area contributed by atoms with E-state index in [1.54, 1.807) is 0 Å². The zero-order valence-corrected chi connectivity index (χ0v) is 13.0. The molecule has 22 heavy (non-hydrogen) atoms. The van der Waals surface area contributed by atoms with E-state index in [0.717, 1.165) is 21.3 Å². The smallest absolute Gasteiger partial charge is 0.248 e. The van der Waals surface area contributed by atoms with E-state index in [1.165, 1.54) is 0 Å². The Labute approximate surface area is 135 Å². The molecule has 2 aromatic carbocycles. The summed E-state index contributed by atoms with van der Waals surface area (Å²) in [6, 6.07) is 13.3. The minimum absolute atomic E-state index is 0.451. The zero-order valence-electron chi connectivity index (χ0n) is 11.5. The van der Waals surface area contributed by atoms with Crippen LogP contribution in [0.25, 0.3) is 22.9 Å². The molecule has 0 saturated carbocycles. The summed E-state index contributed by atoms with van der Waals surface area (Å²) in [5, 5.41) is 8.22. The Morgan fingerprint density at radius 3 is 2.32 bits per heavy atom. The molecule has 0 saturated heterocycles. The highest BCUT2D eigenvalue weighted by atomic mass is 79.9. The van der Waals surface area contributed by atoms with E-state index in [1.807, 2.05) is 42.5 Å². The second kappa shape index (κ2) is 5.46. The van der Waals surface area contributed by atoms with Crippen molar-refractivity contribution in [1.82, 2.24) is 10.2 Å². The molecule has 110 valence electrons. The van der Waals surface area contributed by atoms with E-state index in [0.29, 0.717) is 30.7 Å². The number of hydrogen-bond acceptors (Lipinski definition) is 5. The first-order chi connectivity index (χ1) is 10.8. The molecule has 0 spiro atoms. The van der Waals surface area contributed by atoms with E-state index < -0.39 is 0 Å². The van der Waals surface area contributed by atoms with Crippen molar-refractivity contribution in [3.05, 3.63) is 46.9 Å². The van der Waals surface area contributed by atoms with Crippen molar-refractivity contribution < 1.29 is 13.9 Å². The van der Waals surface area contributed by atoms with Gasteiger partial charge in [-0.25, -0.2) is 0 Å². The van der Waals surface area contributed by atoms with Gasteiger partial charge in [0.2, 0.25) is 11.8 Å².